The quantitative estimate of drug-likeness (QED) is 0.679. The van der Waals surface area contributed by atoms with Crippen LogP contribution >= 0.6 is 11.3 Å². The van der Waals surface area contributed by atoms with Crippen LogP contribution < -0.4 is 10.1 Å². The Morgan fingerprint density at radius 2 is 1.71 bits per heavy atom. The molecule has 0 saturated heterocycles. The molecule has 0 aliphatic carbocycles. The number of aromatic nitrogens is 1. The number of ether oxygens (including phenoxy) is 1. The molecular formula is C20H30N2OS. The lowest BCUT2D eigenvalue weighted by Gasteiger charge is -2.22. The number of methoxy groups -OCH3 is 1. The van der Waals surface area contributed by atoms with E-state index in [9.17, 15) is 0 Å². The van der Waals surface area contributed by atoms with E-state index >= 15 is 0 Å². The van der Waals surface area contributed by atoms with Gasteiger partial charge in [0.1, 0.15) is 10.8 Å². The van der Waals surface area contributed by atoms with Crippen molar-refractivity contribution in [3.05, 3.63) is 33.6 Å². The third-order valence-corrected chi connectivity index (χ3v) is 5.66. The zero-order valence-corrected chi connectivity index (χ0v) is 16.6. The number of thiazole rings is 1. The maximum atomic E-state index is 5.83. The Balaban J connectivity index is 2.58. The molecule has 24 heavy (non-hydrogen) atoms. The average molecular weight is 347 g/mol. The molecule has 3 nitrogen and oxygen atoms in total. The number of benzene rings is 1. The maximum absolute atomic E-state index is 5.83. The summed E-state index contributed by atoms with van der Waals surface area (Å²) in [6, 6.07) is 4.55. The summed E-state index contributed by atoms with van der Waals surface area (Å²) in [7, 11) is 3.75. The number of hydrogen-bond donors (Lipinski definition) is 1. The molecule has 2 atom stereocenters. The zero-order valence-electron chi connectivity index (χ0n) is 15.8. The van der Waals surface area contributed by atoms with Crippen LogP contribution in [-0.2, 0) is 6.54 Å². The smallest absolute Gasteiger partial charge is 0.125 e. The van der Waals surface area contributed by atoms with Crippen molar-refractivity contribution in [1.29, 1.82) is 0 Å². The van der Waals surface area contributed by atoms with Gasteiger partial charge in [-0.15, -0.1) is 11.3 Å². The minimum atomic E-state index is 0.470. The Hall–Kier alpha value is -1.39. The second kappa shape index (κ2) is 8.63. The number of hydrogen-bond acceptors (Lipinski definition) is 4. The molecule has 2 aromatic rings. The van der Waals surface area contributed by atoms with Gasteiger partial charge in [-0.1, -0.05) is 27.7 Å². The predicted octanol–water partition coefficient (Wildman–Crippen LogP) is 5.57. The molecular weight excluding hydrogens is 316 g/mol. The van der Waals surface area contributed by atoms with Crippen LogP contribution in [0.4, 0.5) is 0 Å². The number of nitrogens with zero attached hydrogens (tertiary/aromatic N) is 1. The fourth-order valence-electron chi connectivity index (χ4n) is 2.91. The summed E-state index contributed by atoms with van der Waals surface area (Å²) >= 11 is 1.71. The minimum absolute atomic E-state index is 0.470. The lowest BCUT2D eigenvalue weighted by Crippen LogP contribution is -2.05. The van der Waals surface area contributed by atoms with Gasteiger partial charge in [-0.25, -0.2) is 4.98 Å². The van der Waals surface area contributed by atoms with Crippen LogP contribution in [0.5, 0.6) is 5.75 Å². The second-order valence-electron chi connectivity index (χ2n) is 6.46. The zero-order chi connectivity index (χ0) is 17.7. The van der Waals surface area contributed by atoms with E-state index in [0.29, 0.717) is 11.8 Å². The van der Waals surface area contributed by atoms with E-state index < -0.39 is 0 Å². The van der Waals surface area contributed by atoms with Crippen LogP contribution in [0, 0.1) is 0 Å². The van der Waals surface area contributed by atoms with Crippen molar-refractivity contribution in [2.24, 2.45) is 0 Å². The van der Waals surface area contributed by atoms with Crippen molar-refractivity contribution in [2.45, 2.75) is 58.9 Å². The van der Waals surface area contributed by atoms with Crippen LogP contribution in [-0.4, -0.2) is 19.1 Å². The summed E-state index contributed by atoms with van der Waals surface area (Å²) in [5, 5.41) is 6.46. The van der Waals surface area contributed by atoms with E-state index in [1.165, 1.54) is 16.7 Å². The van der Waals surface area contributed by atoms with Crippen molar-refractivity contribution in [3.8, 4) is 17.0 Å². The van der Waals surface area contributed by atoms with Crippen molar-refractivity contribution in [1.82, 2.24) is 10.3 Å². The van der Waals surface area contributed by atoms with E-state index in [2.05, 4.69) is 50.5 Å². The van der Waals surface area contributed by atoms with Crippen LogP contribution in [0.1, 0.15) is 68.5 Å². The lowest BCUT2D eigenvalue weighted by atomic mass is 9.87. The van der Waals surface area contributed by atoms with Gasteiger partial charge in [0.05, 0.1) is 12.8 Å². The van der Waals surface area contributed by atoms with Gasteiger partial charge in [-0.2, -0.15) is 0 Å². The topological polar surface area (TPSA) is 34.2 Å². The lowest BCUT2D eigenvalue weighted by molar-refractivity contribution is 0.397. The van der Waals surface area contributed by atoms with Gasteiger partial charge in [0.15, 0.2) is 0 Å². The largest absolute Gasteiger partial charge is 0.496 e. The van der Waals surface area contributed by atoms with E-state index in [-0.39, 0.29) is 0 Å². The van der Waals surface area contributed by atoms with Gasteiger partial charge in [0.25, 0.3) is 0 Å². The van der Waals surface area contributed by atoms with Crippen LogP contribution in [0.15, 0.2) is 17.5 Å². The molecule has 0 aliphatic heterocycles. The molecule has 0 amide bonds. The minimum Gasteiger partial charge on any atom is -0.496 e. The fourth-order valence-corrected chi connectivity index (χ4v) is 3.72. The monoisotopic (exact) mass is 346 g/mol. The van der Waals surface area contributed by atoms with Crippen molar-refractivity contribution >= 4 is 11.3 Å². The van der Waals surface area contributed by atoms with E-state index in [0.717, 1.165) is 35.8 Å². The fraction of sp³-hybridized carbons (Fsp3) is 0.550. The highest BCUT2D eigenvalue weighted by Crippen LogP contribution is 2.40. The summed E-state index contributed by atoms with van der Waals surface area (Å²) in [5.41, 5.74) is 4.88. The molecule has 0 spiro atoms. The molecule has 132 valence electrons. The van der Waals surface area contributed by atoms with E-state index in [1.807, 2.05) is 7.05 Å². The second-order valence-corrected chi connectivity index (χ2v) is 7.41. The van der Waals surface area contributed by atoms with Gasteiger partial charge >= 0.3 is 0 Å². The summed E-state index contributed by atoms with van der Waals surface area (Å²) in [6.07, 6.45) is 2.20. The van der Waals surface area contributed by atoms with E-state index in [4.69, 9.17) is 9.72 Å². The van der Waals surface area contributed by atoms with Crippen LogP contribution in [0.2, 0.25) is 0 Å². The normalized spacial score (nSPS) is 13.8. The average Bonchev–Trinajstić information content (AvgIpc) is 3.08. The molecule has 0 saturated carbocycles. The summed E-state index contributed by atoms with van der Waals surface area (Å²) in [4.78, 5) is 4.79. The summed E-state index contributed by atoms with van der Waals surface area (Å²) in [6.45, 7) is 9.82. The Kier molecular flexibility index (Phi) is 6.81. The van der Waals surface area contributed by atoms with Crippen molar-refractivity contribution in [3.63, 3.8) is 0 Å². The molecule has 0 bridgehead atoms. The first-order valence-electron chi connectivity index (χ1n) is 8.86. The molecule has 0 radical (unpaired) electrons. The van der Waals surface area contributed by atoms with Gasteiger partial charge in [-0.3, -0.25) is 0 Å². The van der Waals surface area contributed by atoms with Crippen LogP contribution in [0.3, 0.4) is 0 Å². The first-order chi connectivity index (χ1) is 11.5. The first kappa shape index (κ1) is 18.9. The molecule has 4 heteroatoms. The number of nitrogens with one attached hydrogen (secondary N) is 1. The number of rotatable bonds is 8. The van der Waals surface area contributed by atoms with Crippen molar-refractivity contribution in [2.75, 3.05) is 14.2 Å². The van der Waals surface area contributed by atoms with Gasteiger partial charge in [-0.05, 0) is 55.0 Å². The molecule has 0 fully saturated rings. The Morgan fingerprint density at radius 1 is 1.12 bits per heavy atom. The molecule has 0 aliphatic rings. The third kappa shape index (κ3) is 3.98. The highest BCUT2D eigenvalue weighted by molar-refractivity contribution is 7.09. The predicted molar refractivity (Wildman–Crippen MR) is 104 cm³/mol. The first-order valence-corrected chi connectivity index (χ1v) is 9.74. The van der Waals surface area contributed by atoms with Crippen LogP contribution in [0.25, 0.3) is 11.3 Å². The van der Waals surface area contributed by atoms with E-state index in [1.54, 1.807) is 18.4 Å². The maximum Gasteiger partial charge on any atom is 0.125 e. The third-order valence-electron chi connectivity index (χ3n) is 4.81. The molecule has 1 N–H and O–H groups in total. The Labute approximate surface area is 150 Å². The van der Waals surface area contributed by atoms with Gasteiger partial charge in [0.2, 0.25) is 0 Å². The van der Waals surface area contributed by atoms with Gasteiger partial charge < -0.3 is 10.1 Å². The Bertz CT molecular complexity index is 634. The molecule has 1 heterocycles. The molecule has 2 unspecified atom stereocenters. The molecule has 1 aromatic heterocycles. The van der Waals surface area contributed by atoms with Crippen molar-refractivity contribution < 1.29 is 4.74 Å². The Morgan fingerprint density at radius 3 is 2.17 bits per heavy atom. The molecule has 1 aromatic carbocycles. The molecule has 2 rings (SSSR count). The van der Waals surface area contributed by atoms with Gasteiger partial charge in [0, 0.05) is 17.5 Å². The standard InChI is InChI=1S/C20H30N2OS/c1-7-13(3)16-9-15(18-12-24-19(22-18)11-21-5)10-17(14(4)8-2)20(16)23-6/h9-10,12-14,21H,7-8,11H2,1-6H3. The summed E-state index contributed by atoms with van der Waals surface area (Å²) in [5.74, 6) is 2.00. The highest BCUT2D eigenvalue weighted by atomic mass is 32.1. The highest BCUT2D eigenvalue weighted by Gasteiger charge is 2.20. The SMILES string of the molecule is CCC(C)c1cc(-c2csc(CNC)n2)cc(C(C)CC)c1OC. The summed E-state index contributed by atoms with van der Waals surface area (Å²) < 4.78 is 5.83.